The van der Waals surface area contributed by atoms with Gasteiger partial charge in [-0.3, -0.25) is 4.79 Å². The van der Waals surface area contributed by atoms with E-state index in [-0.39, 0.29) is 0 Å². The van der Waals surface area contributed by atoms with Crippen LogP contribution in [0.25, 0.3) is 0 Å². The van der Waals surface area contributed by atoms with Gasteiger partial charge in [-0.1, -0.05) is 46.5 Å². The molecule has 0 radical (unpaired) electrons. The summed E-state index contributed by atoms with van der Waals surface area (Å²) in [6.07, 6.45) is 8.73. The van der Waals surface area contributed by atoms with Gasteiger partial charge in [-0.15, -0.1) is 0 Å². The average molecular weight is 198 g/mol. The first kappa shape index (κ1) is 13.7. The molecule has 0 bridgehead atoms. The number of rotatable bonds is 9. The van der Waals surface area contributed by atoms with Gasteiger partial charge < -0.3 is 0 Å². The number of hydrogen-bond donors (Lipinski definition) is 0. The molecule has 0 spiro atoms. The molecule has 0 aromatic carbocycles. The predicted molar refractivity (Wildman–Crippen MR) is 62.5 cm³/mol. The van der Waals surface area contributed by atoms with Crippen LogP contribution in [-0.4, -0.2) is 5.78 Å². The Morgan fingerprint density at radius 3 is 2.07 bits per heavy atom. The van der Waals surface area contributed by atoms with E-state index in [1.54, 1.807) is 0 Å². The highest BCUT2D eigenvalue weighted by atomic mass is 16.1. The summed E-state index contributed by atoms with van der Waals surface area (Å²) >= 11 is 0. The number of ketones is 1. The molecule has 0 unspecified atom stereocenters. The van der Waals surface area contributed by atoms with Crippen molar-refractivity contribution in [2.75, 3.05) is 0 Å². The molecule has 0 aliphatic rings. The molecule has 0 heterocycles. The van der Waals surface area contributed by atoms with Crippen molar-refractivity contribution < 1.29 is 4.79 Å². The van der Waals surface area contributed by atoms with Gasteiger partial charge in [0, 0.05) is 12.8 Å². The van der Waals surface area contributed by atoms with E-state index in [9.17, 15) is 4.79 Å². The summed E-state index contributed by atoms with van der Waals surface area (Å²) in [5.41, 5.74) is 0. The molecule has 0 atom stereocenters. The van der Waals surface area contributed by atoms with Crippen molar-refractivity contribution in [3.8, 4) is 0 Å². The molecule has 1 nitrogen and oxygen atoms in total. The van der Waals surface area contributed by atoms with Gasteiger partial charge in [0.1, 0.15) is 5.78 Å². The number of carbonyl (C=O) groups excluding carboxylic acids is 1. The summed E-state index contributed by atoms with van der Waals surface area (Å²) in [4.78, 5) is 11.4. The second kappa shape index (κ2) is 9.23. The highest BCUT2D eigenvalue weighted by Gasteiger charge is 2.01. The Hall–Kier alpha value is -0.330. The zero-order valence-electron chi connectivity index (χ0n) is 10.1. The van der Waals surface area contributed by atoms with Crippen molar-refractivity contribution in [2.24, 2.45) is 5.92 Å². The van der Waals surface area contributed by atoms with Crippen LogP contribution < -0.4 is 0 Å². The SMILES string of the molecule is CCCCCC(=O)CCCCC(C)C. The molecule has 0 amide bonds. The van der Waals surface area contributed by atoms with Crippen molar-refractivity contribution in [1.82, 2.24) is 0 Å². The van der Waals surface area contributed by atoms with E-state index in [1.165, 1.54) is 25.7 Å². The molecular weight excluding hydrogens is 172 g/mol. The Balaban J connectivity index is 3.18. The Morgan fingerprint density at radius 1 is 1.00 bits per heavy atom. The fourth-order valence-corrected chi connectivity index (χ4v) is 1.57. The molecule has 0 rings (SSSR count). The van der Waals surface area contributed by atoms with Crippen LogP contribution in [0.1, 0.15) is 72.1 Å². The minimum Gasteiger partial charge on any atom is -0.300 e. The normalized spacial score (nSPS) is 10.9. The van der Waals surface area contributed by atoms with Gasteiger partial charge in [0.15, 0.2) is 0 Å². The lowest BCUT2D eigenvalue weighted by Crippen LogP contribution is -1.98. The van der Waals surface area contributed by atoms with Gasteiger partial charge >= 0.3 is 0 Å². The van der Waals surface area contributed by atoms with Gasteiger partial charge in [0.25, 0.3) is 0 Å². The lowest BCUT2D eigenvalue weighted by atomic mass is 10.0. The van der Waals surface area contributed by atoms with Crippen molar-refractivity contribution in [2.45, 2.75) is 72.1 Å². The van der Waals surface area contributed by atoms with Gasteiger partial charge in [-0.2, -0.15) is 0 Å². The van der Waals surface area contributed by atoms with Crippen LogP contribution in [0.15, 0.2) is 0 Å². The Kier molecular flexibility index (Phi) is 9.02. The summed E-state index contributed by atoms with van der Waals surface area (Å²) < 4.78 is 0. The number of unbranched alkanes of at least 4 members (excludes halogenated alkanes) is 3. The van der Waals surface area contributed by atoms with E-state index >= 15 is 0 Å². The summed E-state index contributed by atoms with van der Waals surface area (Å²) in [6.45, 7) is 6.65. The second-order valence-corrected chi connectivity index (χ2v) is 4.64. The monoisotopic (exact) mass is 198 g/mol. The first-order chi connectivity index (χ1) is 6.66. The predicted octanol–water partition coefficient (Wildman–Crippen LogP) is 4.35. The summed E-state index contributed by atoms with van der Waals surface area (Å²) in [5, 5.41) is 0. The van der Waals surface area contributed by atoms with E-state index in [0.717, 1.165) is 31.6 Å². The summed E-state index contributed by atoms with van der Waals surface area (Å²) in [7, 11) is 0. The Labute approximate surface area is 89.3 Å². The lowest BCUT2D eigenvalue weighted by molar-refractivity contribution is -0.119. The molecular formula is C13H26O. The zero-order chi connectivity index (χ0) is 10.8. The molecule has 0 aliphatic carbocycles. The van der Waals surface area contributed by atoms with Crippen LogP contribution in [0.2, 0.25) is 0 Å². The van der Waals surface area contributed by atoms with E-state index in [1.807, 2.05) is 0 Å². The first-order valence-electron chi connectivity index (χ1n) is 6.18. The zero-order valence-corrected chi connectivity index (χ0v) is 10.1. The molecule has 0 saturated carbocycles. The summed E-state index contributed by atoms with van der Waals surface area (Å²) in [5.74, 6) is 1.26. The average Bonchev–Trinajstić information content (AvgIpc) is 2.13. The van der Waals surface area contributed by atoms with E-state index in [4.69, 9.17) is 0 Å². The molecule has 0 aromatic heterocycles. The molecule has 1 heteroatoms. The number of Topliss-reactive ketones (excluding diaryl/α,β-unsaturated/α-hetero) is 1. The summed E-state index contributed by atoms with van der Waals surface area (Å²) in [6, 6.07) is 0. The fraction of sp³-hybridized carbons (Fsp3) is 0.923. The van der Waals surface area contributed by atoms with Crippen molar-refractivity contribution in [3.63, 3.8) is 0 Å². The molecule has 0 aliphatic heterocycles. The lowest BCUT2D eigenvalue weighted by Gasteiger charge is -2.03. The minimum absolute atomic E-state index is 0.474. The highest BCUT2D eigenvalue weighted by molar-refractivity contribution is 5.78. The number of hydrogen-bond acceptors (Lipinski definition) is 1. The quantitative estimate of drug-likeness (QED) is 0.503. The third kappa shape index (κ3) is 9.76. The number of carbonyl (C=O) groups is 1. The molecule has 0 aromatic rings. The van der Waals surface area contributed by atoms with Crippen LogP contribution in [0.5, 0.6) is 0 Å². The molecule has 0 N–H and O–H groups in total. The highest BCUT2D eigenvalue weighted by Crippen LogP contribution is 2.10. The van der Waals surface area contributed by atoms with Crippen molar-refractivity contribution in [1.29, 1.82) is 0 Å². The largest absolute Gasteiger partial charge is 0.300 e. The van der Waals surface area contributed by atoms with Crippen molar-refractivity contribution in [3.05, 3.63) is 0 Å². The molecule has 14 heavy (non-hydrogen) atoms. The smallest absolute Gasteiger partial charge is 0.132 e. The van der Waals surface area contributed by atoms with Crippen LogP contribution >= 0.6 is 0 Å². The topological polar surface area (TPSA) is 17.1 Å². The van der Waals surface area contributed by atoms with Gasteiger partial charge in [0.2, 0.25) is 0 Å². The first-order valence-corrected chi connectivity index (χ1v) is 6.18. The third-order valence-electron chi connectivity index (χ3n) is 2.55. The third-order valence-corrected chi connectivity index (χ3v) is 2.55. The van der Waals surface area contributed by atoms with E-state index < -0.39 is 0 Å². The maximum absolute atomic E-state index is 11.4. The van der Waals surface area contributed by atoms with E-state index in [2.05, 4.69) is 20.8 Å². The van der Waals surface area contributed by atoms with Crippen LogP contribution in [0.4, 0.5) is 0 Å². The van der Waals surface area contributed by atoms with Crippen LogP contribution in [0, 0.1) is 5.92 Å². The maximum atomic E-state index is 11.4. The maximum Gasteiger partial charge on any atom is 0.132 e. The van der Waals surface area contributed by atoms with Crippen molar-refractivity contribution >= 4 is 5.78 Å². The fourth-order valence-electron chi connectivity index (χ4n) is 1.57. The molecule has 0 fully saturated rings. The van der Waals surface area contributed by atoms with Gasteiger partial charge in [-0.05, 0) is 18.8 Å². The minimum atomic E-state index is 0.474. The standard InChI is InChI=1S/C13H26O/c1-4-5-6-10-13(14)11-8-7-9-12(2)3/h12H,4-11H2,1-3H3. The molecule has 0 saturated heterocycles. The Morgan fingerprint density at radius 2 is 1.57 bits per heavy atom. The second-order valence-electron chi connectivity index (χ2n) is 4.64. The van der Waals surface area contributed by atoms with Gasteiger partial charge in [0.05, 0.1) is 0 Å². The van der Waals surface area contributed by atoms with Gasteiger partial charge in [-0.25, -0.2) is 0 Å². The molecule has 84 valence electrons. The Bertz CT molecular complexity index is 138. The van der Waals surface area contributed by atoms with Crippen LogP contribution in [-0.2, 0) is 4.79 Å². The van der Waals surface area contributed by atoms with E-state index in [0.29, 0.717) is 5.78 Å². The van der Waals surface area contributed by atoms with Crippen LogP contribution in [0.3, 0.4) is 0 Å².